The number of hydrogen-bond donors (Lipinski definition) is 0. The van der Waals surface area contributed by atoms with Crippen LogP contribution in [0.4, 0.5) is 0 Å². The number of piperidine rings is 1. The zero-order chi connectivity index (χ0) is 11.4. The smallest absolute Gasteiger partial charge is 0.169 e. The van der Waals surface area contributed by atoms with E-state index in [1.165, 1.54) is 0 Å². The van der Waals surface area contributed by atoms with E-state index in [-0.39, 0.29) is 0 Å². The summed E-state index contributed by atoms with van der Waals surface area (Å²) in [7, 11) is 0. The fraction of sp³-hybridized carbons (Fsp3) is 0.545. The van der Waals surface area contributed by atoms with Gasteiger partial charge in [-0.15, -0.1) is 11.3 Å². The average molecular weight is 235 g/mol. The summed E-state index contributed by atoms with van der Waals surface area (Å²) in [6, 6.07) is 2.17. The second kappa shape index (κ2) is 5.19. The summed E-state index contributed by atoms with van der Waals surface area (Å²) in [6.45, 7) is 2.42. The van der Waals surface area contributed by atoms with Crippen LogP contribution in [0.15, 0.2) is 5.38 Å². The van der Waals surface area contributed by atoms with Crippen molar-refractivity contribution in [2.75, 3.05) is 19.6 Å². The lowest BCUT2D eigenvalue weighted by atomic mass is 9.98. The lowest BCUT2D eigenvalue weighted by Gasteiger charge is -2.28. The molecule has 1 aliphatic rings. The zero-order valence-electron chi connectivity index (χ0n) is 8.93. The summed E-state index contributed by atoms with van der Waals surface area (Å²) < 4.78 is 0. The maximum Gasteiger partial charge on any atom is 0.169 e. The Morgan fingerprint density at radius 1 is 1.62 bits per heavy atom. The van der Waals surface area contributed by atoms with E-state index < -0.39 is 0 Å². The fourth-order valence-corrected chi connectivity index (χ4v) is 2.92. The number of thiazole rings is 1. The molecule has 0 bridgehead atoms. The number of rotatable bonds is 3. The van der Waals surface area contributed by atoms with Gasteiger partial charge in [-0.25, -0.2) is 4.98 Å². The molecular formula is C11H13N3OS. The van der Waals surface area contributed by atoms with Crippen molar-refractivity contribution in [1.82, 2.24) is 9.88 Å². The van der Waals surface area contributed by atoms with Gasteiger partial charge in [-0.3, -0.25) is 9.69 Å². The number of hydrogen-bond acceptors (Lipinski definition) is 5. The van der Waals surface area contributed by atoms with Crippen molar-refractivity contribution in [3.05, 3.63) is 16.1 Å². The second-order valence-electron chi connectivity index (χ2n) is 3.94. The number of likely N-dealkylation sites (tertiary alicyclic amines) is 1. The molecule has 0 amide bonds. The largest absolute Gasteiger partial charge is 0.296 e. The fourth-order valence-electron chi connectivity index (χ4n) is 1.98. The molecule has 0 atom stereocenters. The number of nitriles is 1. The normalized spacial score (nSPS) is 18.2. The van der Waals surface area contributed by atoms with Crippen LogP contribution in [-0.2, 0) is 0 Å². The highest BCUT2D eigenvalue weighted by molar-refractivity contribution is 7.09. The van der Waals surface area contributed by atoms with Gasteiger partial charge in [0.1, 0.15) is 5.69 Å². The summed E-state index contributed by atoms with van der Waals surface area (Å²) in [5, 5.41) is 11.5. The predicted molar refractivity (Wildman–Crippen MR) is 61.5 cm³/mol. The van der Waals surface area contributed by atoms with Crippen LogP contribution >= 0.6 is 11.3 Å². The number of nitrogens with zero attached hydrogens (tertiary/aromatic N) is 3. The highest BCUT2D eigenvalue weighted by Crippen LogP contribution is 2.29. The summed E-state index contributed by atoms with van der Waals surface area (Å²) >= 11 is 1.57. The topological polar surface area (TPSA) is 57.0 Å². The maximum absolute atomic E-state index is 10.5. The Morgan fingerprint density at radius 3 is 2.94 bits per heavy atom. The van der Waals surface area contributed by atoms with Crippen molar-refractivity contribution in [3.8, 4) is 6.07 Å². The molecule has 5 heteroatoms. The Labute approximate surface area is 98.5 Å². The van der Waals surface area contributed by atoms with Crippen LogP contribution in [-0.4, -0.2) is 35.8 Å². The first kappa shape index (κ1) is 11.2. The first-order valence-corrected chi connectivity index (χ1v) is 6.21. The number of carbonyl (C=O) groups excluding carboxylic acids is 1. The van der Waals surface area contributed by atoms with Crippen molar-refractivity contribution in [1.29, 1.82) is 5.26 Å². The Bertz CT molecular complexity index is 402. The van der Waals surface area contributed by atoms with E-state index in [1.54, 1.807) is 11.3 Å². The van der Waals surface area contributed by atoms with Crippen LogP contribution in [0.1, 0.15) is 34.3 Å². The minimum atomic E-state index is 0.466. The predicted octanol–water partition coefficient (Wildman–Crippen LogP) is 1.66. The Kier molecular flexibility index (Phi) is 3.65. The molecule has 1 aromatic rings. The van der Waals surface area contributed by atoms with Crippen molar-refractivity contribution < 1.29 is 4.79 Å². The Hall–Kier alpha value is -1.25. The van der Waals surface area contributed by atoms with E-state index in [4.69, 9.17) is 5.26 Å². The van der Waals surface area contributed by atoms with E-state index in [0.717, 1.165) is 37.2 Å². The van der Waals surface area contributed by atoms with E-state index in [1.807, 2.05) is 5.38 Å². The molecule has 4 nitrogen and oxygen atoms in total. The van der Waals surface area contributed by atoms with Gasteiger partial charge in [0.25, 0.3) is 0 Å². The van der Waals surface area contributed by atoms with Crippen LogP contribution in [0, 0.1) is 11.3 Å². The van der Waals surface area contributed by atoms with Crippen molar-refractivity contribution >= 4 is 17.6 Å². The van der Waals surface area contributed by atoms with Crippen LogP contribution in [0.3, 0.4) is 0 Å². The van der Waals surface area contributed by atoms with E-state index in [0.29, 0.717) is 18.2 Å². The van der Waals surface area contributed by atoms with Gasteiger partial charge in [-0.05, 0) is 25.9 Å². The lowest BCUT2D eigenvalue weighted by Crippen LogP contribution is -2.33. The third-order valence-corrected chi connectivity index (χ3v) is 3.92. The molecule has 0 spiro atoms. The molecule has 2 rings (SSSR count). The van der Waals surface area contributed by atoms with Gasteiger partial charge in [-0.2, -0.15) is 5.26 Å². The van der Waals surface area contributed by atoms with Crippen LogP contribution in [0.5, 0.6) is 0 Å². The van der Waals surface area contributed by atoms with Gasteiger partial charge in [0.05, 0.1) is 17.6 Å². The van der Waals surface area contributed by atoms with Crippen molar-refractivity contribution in [3.63, 3.8) is 0 Å². The van der Waals surface area contributed by atoms with Gasteiger partial charge in [0.15, 0.2) is 6.29 Å². The van der Waals surface area contributed by atoms with E-state index in [9.17, 15) is 4.79 Å². The minimum absolute atomic E-state index is 0.466. The summed E-state index contributed by atoms with van der Waals surface area (Å²) in [5.74, 6) is 0.466. The van der Waals surface area contributed by atoms with Gasteiger partial charge in [-0.1, -0.05) is 0 Å². The van der Waals surface area contributed by atoms with Crippen LogP contribution < -0.4 is 0 Å². The number of carbonyl (C=O) groups is 1. The Balaban J connectivity index is 1.94. The van der Waals surface area contributed by atoms with Crippen LogP contribution in [0.2, 0.25) is 0 Å². The highest BCUT2D eigenvalue weighted by Gasteiger charge is 2.22. The Morgan fingerprint density at radius 2 is 2.38 bits per heavy atom. The van der Waals surface area contributed by atoms with E-state index in [2.05, 4.69) is 16.0 Å². The SMILES string of the molecule is N#CCN1CCC(c2nc(C=O)cs2)CC1. The van der Waals surface area contributed by atoms with E-state index >= 15 is 0 Å². The molecule has 16 heavy (non-hydrogen) atoms. The molecule has 0 radical (unpaired) electrons. The molecule has 0 aromatic carbocycles. The molecule has 1 fully saturated rings. The molecule has 0 N–H and O–H groups in total. The van der Waals surface area contributed by atoms with Crippen molar-refractivity contribution in [2.24, 2.45) is 0 Å². The molecule has 0 unspecified atom stereocenters. The second-order valence-corrected chi connectivity index (χ2v) is 4.83. The molecule has 1 aromatic heterocycles. The molecule has 1 saturated heterocycles. The number of aldehydes is 1. The molecule has 0 aliphatic carbocycles. The third kappa shape index (κ3) is 2.46. The molecule has 84 valence electrons. The maximum atomic E-state index is 10.5. The quantitative estimate of drug-likeness (QED) is 0.590. The summed E-state index contributed by atoms with van der Waals surface area (Å²) in [5.41, 5.74) is 0.541. The van der Waals surface area contributed by atoms with Gasteiger partial charge in [0.2, 0.25) is 0 Å². The number of aromatic nitrogens is 1. The zero-order valence-corrected chi connectivity index (χ0v) is 9.74. The standard InChI is InChI=1S/C11H13N3OS/c12-3-6-14-4-1-9(2-5-14)11-13-10(7-15)8-16-11/h7-9H,1-2,4-6H2. The van der Waals surface area contributed by atoms with Gasteiger partial charge < -0.3 is 0 Å². The summed E-state index contributed by atoms with van der Waals surface area (Å²) in [4.78, 5) is 17.0. The van der Waals surface area contributed by atoms with Crippen LogP contribution in [0.25, 0.3) is 0 Å². The molecule has 1 aliphatic heterocycles. The molecular weight excluding hydrogens is 222 g/mol. The van der Waals surface area contributed by atoms with Gasteiger partial charge >= 0.3 is 0 Å². The highest BCUT2D eigenvalue weighted by atomic mass is 32.1. The summed E-state index contributed by atoms with van der Waals surface area (Å²) in [6.07, 6.45) is 2.87. The first-order chi connectivity index (χ1) is 7.83. The molecule has 2 heterocycles. The third-order valence-electron chi connectivity index (χ3n) is 2.89. The average Bonchev–Trinajstić information content (AvgIpc) is 2.79. The van der Waals surface area contributed by atoms with Crippen molar-refractivity contribution in [2.45, 2.75) is 18.8 Å². The lowest BCUT2D eigenvalue weighted by molar-refractivity contribution is 0.111. The molecule has 0 saturated carbocycles. The van der Waals surface area contributed by atoms with Gasteiger partial charge in [0, 0.05) is 11.3 Å². The minimum Gasteiger partial charge on any atom is -0.296 e. The first-order valence-electron chi connectivity index (χ1n) is 5.33. The monoisotopic (exact) mass is 235 g/mol.